The summed E-state index contributed by atoms with van der Waals surface area (Å²) >= 11 is 0. The molecule has 0 bridgehead atoms. The van der Waals surface area contributed by atoms with Crippen LogP contribution in [0.3, 0.4) is 0 Å². The van der Waals surface area contributed by atoms with Crippen molar-refractivity contribution in [2.45, 2.75) is 5.41 Å². The molecule has 0 saturated carbocycles. The topological polar surface area (TPSA) is 8.17 Å². The molecular weight excluding hydrogens is 809 g/mol. The van der Waals surface area contributed by atoms with E-state index in [4.69, 9.17) is 0 Å². The van der Waals surface area contributed by atoms with Gasteiger partial charge in [0.05, 0.1) is 22.1 Å². The van der Waals surface area contributed by atoms with Crippen molar-refractivity contribution in [2.75, 3.05) is 4.90 Å². The molecule has 2 heterocycles. The van der Waals surface area contributed by atoms with Crippen molar-refractivity contribution < 1.29 is 0 Å². The summed E-state index contributed by atoms with van der Waals surface area (Å²) in [7, 11) is 0. The first-order valence-electron chi connectivity index (χ1n) is 23.3. The first-order chi connectivity index (χ1) is 33.3. The maximum Gasteiger partial charge on any atom is 0.0754 e. The predicted molar refractivity (Wildman–Crippen MR) is 280 cm³/mol. The van der Waals surface area contributed by atoms with Crippen LogP contribution in [0.25, 0.3) is 82.8 Å². The van der Waals surface area contributed by atoms with Crippen molar-refractivity contribution in [1.29, 1.82) is 0 Å². The molecule has 0 N–H and O–H groups in total. The number of hydrogen-bond acceptors (Lipinski definition) is 1. The highest BCUT2D eigenvalue weighted by Gasteiger charge is 2.51. The van der Waals surface area contributed by atoms with Gasteiger partial charge in [-0.2, -0.15) is 0 Å². The number of nitrogens with zero attached hydrogens (tertiary/aromatic N) is 2. The van der Waals surface area contributed by atoms with E-state index in [2.05, 4.69) is 264 Å². The Hall–Kier alpha value is -8.72. The van der Waals surface area contributed by atoms with Crippen molar-refractivity contribution in [3.63, 3.8) is 0 Å². The first-order valence-corrected chi connectivity index (χ1v) is 23.3. The summed E-state index contributed by atoms with van der Waals surface area (Å²) in [5.74, 6) is 0. The van der Waals surface area contributed by atoms with E-state index < -0.39 is 5.41 Å². The summed E-state index contributed by atoms with van der Waals surface area (Å²) in [5.41, 5.74) is 21.6. The van der Waals surface area contributed by atoms with Crippen LogP contribution in [-0.4, -0.2) is 4.57 Å². The van der Waals surface area contributed by atoms with Crippen LogP contribution in [0.1, 0.15) is 22.3 Å². The number of fused-ring (bicyclic) bond motifs is 13. The quantitative estimate of drug-likeness (QED) is 0.162. The Labute approximate surface area is 389 Å². The molecule has 1 atom stereocenters. The Morgan fingerprint density at radius 1 is 0.313 bits per heavy atom. The van der Waals surface area contributed by atoms with Gasteiger partial charge in [-0.05, 0) is 126 Å². The third-order valence-corrected chi connectivity index (χ3v) is 14.6. The lowest BCUT2D eigenvalue weighted by Crippen LogP contribution is -2.33. The molecule has 1 spiro atoms. The minimum atomic E-state index is -0.515. The fraction of sp³-hybridized carbons (Fsp3) is 0.0154. The summed E-state index contributed by atoms with van der Waals surface area (Å²) in [5, 5.41) is 5.08. The molecule has 2 heteroatoms. The van der Waals surface area contributed by atoms with Crippen LogP contribution in [0.5, 0.6) is 0 Å². The molecule has 1 aliphatic heterocycles. The molecule has 312 valence electrons. The van der Waals surface area contributed by atoms with Crippen molar-refractivity contribution in [3.05, 3.63) is 277 Å². The van der Waals surface area contributed by atoms with Crippen LogP contribution in [-0.2, 0) is 5.41 Å². The minimum absolute atomic E-state index is 0.515. The molecule has 1 aromatic heterocycles. The average molecular weight is 851 g/mol. The molecule has 1 aliphatic carbocycles. The van der Waals surface area contributed by atoms with Gasteiger partial charge in [0, 0.05) is 27.8 Å². The Morgan fingerprint density at radius 3 is 1.72 bits per heavy atom. The van der Waals surface area contributed by atoms with Crippen LogP contribution >= 0.6 is 0 Å². The molecule has 67 heavy (non-hydrogen) atoms. The number of benzene rings is 11. The molecule has 2 aliphatic rings. The van der Waals surface area contributed by atoms with Gasteiger partial charge < -0.3 is 9.47 Å². The van der Waals surface area contributed by atoms with Gasteiger partial charge in [0.25, 0.3) is 0 Å². The highest BCUT2D eigenvalue weighted by molar-refractivity contribution is 6.13. The molecule has 0 radical (unpaired) electrons. The SMILES string of the molecule is c1ccc(-c2ccc(N(c3ccc(-c4cccc5ccccc45)cc3)c3cccc(-c4cccc5c4-c4ccccc4C54c5ccccc5-n5c6ccccc6c6cccc4c65)c3)cc2)cc1. The maximum absolute atomic E-state index is 2.52. The summed E-state index contributed by atoms with van der Waals surface area (Å²) in [4.78, 5) is 2.40. The molecule has 0 amide bonds. The fourth-order valence-corrected chi connectivity index (χ4v) is 11.8. The molecule has 14 rings (SSSR count). The molecule has 11 aromatic carbocycles. The largest absolute Gasteiger partial charge is 0.310 e. The first kappa shape index (κ1) is 37.6. The second-order valence-electron chi connectivity index (χ2n) is 18.0. The predicted octanol–water partition coefficient (Wildman–Crippen LogP) is 17.1. The molecule has 12 aromatic rings. The molecule has 0 saturated heterocycles. The molecule has 2 nitrogen and oxygen atoms in total. The highest BCUT2D eigenvalue weighted by atomic mass is 15.1. The minimum Gasteiger partial charge on any atom is -0.310 e. The summed E-state index contributed by atoms with van der Waals surface area (Å²) < 4.78 is 2.52. The van der Waals surface area contributed by atoms with Crippen molar-refractivity contribution in [3.8, 4) is 50.2 Å². The van der Waals surface area contributed by atoms with Gasteiger partial charge in [-0.25, -0.2) is 0 Å². The van der Waals surface area contributed by atoms with E-state index in [1.54, 1.807) is 0 Å². The van der Waals surface area contributed by atoms with E-state index in [1.165, 1.54) is 105 Å². The summed E-state index contributed by atoms with van der Waals surface area (Å²) in [6, 6.07) is 94.3. The van der Waals surface area contributed by atoms with Crippen LogP contribution in [0.4, 0.5) is 17.1 Å². The normalized spacial score (nSPS) is 14.3. The number of aromatic nitrogens is 1. The molecule has 1 unspecified atom stereocenters. The van der Waals surface area contributed by atoms with Crippen molar-refractivity contribution in [2.24, 2.45) is 0 Å². The van der Waals surface area contributed by atoms with E-state index in [0.717, 1.165) is 17.1 Å². The Kier molecular flexibility index (Phi) is 8.23. The van der Waals surface area contributed by atoms with E-state index >= 15 is 0 Å². The van der Waals surface area contributed by atoms with Gasteiger partial charge in [-0.15, -0.1) is 0 Å². The standard InChI is InChI=1S/C65H42N2/c1-2-16-43(17-3-1)44-34-38-48(39-35-44)66(49-40-36-46(37-41-49)52-25-13-19-45-18-4-5-22-51(45)52)50-21-12-20-47(42-50)53-26-14-30-59-63(53)56-24-6-8-28-57(56)65(59)58-29-9-11-33-62(58)67-61-32-10-7-23-54(61)55-27-15-31-60(65)64(55)67/h1-42H. The fourth-order valence-electron chi connectivity index (χ4n) is 11.8. The molecular formula is C65H42N2. The van der Waals surface area contributed by atoms with Gasteiger partial charge in [-0.1, -0.05) is 206 Å². The van der Waals surface area contributed by atoms with Gasteiger partial charge in [0.15, 0.2) is 0 Å². The number of hydrogen-bond donors (Lipinski definition) is 0. The Balaban J connectivity index is 0.957. The Morgan fingerprint density at radius 2 is 0.866 bits per heavy atom. The maximum atomic E-state index is 2.52. The number of anilines is 3. The third-order valence-electron chi connectivity index (χ3n) is 14.6. The Bertz CT molecular complexity index is 3910. The van der Waals surface area contributed by atoms with E-state index in [9.17, 15) is 0 Å². The van der Waals surface area contributed by atoms with Gasteiger partial charge >= 0.3 is 0 Å². The third kappa shape index (κ3) is 5.45. The second-order valence-corrected chi connectivity index (χ2v) is 18.0. The van der Waals surface area contributed by atoms with Crippen LogP contribution < -0.4 is 4.90 Å². The number of para-hydroxylation sites is 3. The lowest BCUT2D eigenvalue weighted by Gasteiger charge is -2.39. The zero-order valence-corrected chi connectivity index (χ0v) is 36.6. The zero-order chi connectivity index (χ0) is 44.1. The monoisotopic (exact) mass is 850 g/mol. The van der Waals surface area contributed by atoms with Crippen LogP contribution in [0.2, 0.25) is 0 Å². The van der Waals surface area contributed by atoms with E-state index in [0.29, 0.717) is 0 Å². The van der Waals surface area contributed by atoms with Crippen LogP contribution in [0.15, 0.2) is 255 Å². The van der Waals surface area contributed by atoms with Crippen molar-refractivity contribution in [1.82, 2.24) is 4.57 Å². The smallest absolute Gasteiger partial charge is 0.0754 e. The highest BCUT2D eigenvalue weighted by Crippen LogP contribution is 2.62. The van der Waals surface area contributed by atoms with Gasteiger partial charge in [0.1, 0.15) is 0 Å². The lowest BCUT2D eigenvalue weighted by molar-refractivity contribution is 0.748. The summed E-state index contributed by atoms with van der Waals surface area (Å²) in [6.45, 7) is 0. The molecule has 0 fully saturated rings. The lowest BCUT2D eigenvalue weighted by atomic mass is 9.65. The van der Waals surface area contributed by atoms with E-state index in [1.807, 2.05) is 0 Å². The average Bonchev–Trinajstić information content (AvgIpc) is 3.90. The van der Waals surface area contributed by atoms with Gasteiger partial charge in [-0.3, -0.25) is 0 Å². The van der Waals surface area contributed by atoms with Crippen LogP contribution in [0, 0.1) is 0 Å². The number of rotatable bonds is 6. The van der Waals surface area contributed by atoms with E-state index in [-0.39, 0.29) is 0 Å². The summed E-state index contributed by atoms with van der Waals surface area (Å²) in [6.07, 6.45) is 0. The van der Waals surface area contributed by atoms with Gasteiger partial charge in [0.2, 0.25) is 0 Å². The zero-order valence-electron chi connectivity index (χ0n) is 36.6. The second kappa shape index (κ2) is 14.7. The van der Waals surface area contributed by atoms with Crippen molar-refractivity contribution >= 4 is 49.6 Å².